The molecular weight excluding hydrogens is 270 g/mol. The molecule has 2 aromatic heterocycles. The fourth-order valence-corrected chi connectivity index (χ4v) is 1.69. The fraction of sp³-hybridized carbons (Fsp3) is 0.0667. The zero-order valence-corrected chi connectivity index (χ0v) is 11.3. The molecule has 0 spiro atoms. The van der Waals surface area contributed by atoms with Crippen LogP contribution in [0.15, 0.2) is 43.0 Å². The number of carbonyl (C=O) groups is 2. The minimum absolute atomic E-state index is 0.339. The van der Waals surface area contributed by atoms with Gasteiger partial charge >= 0.3 is 5.97 Å². The summed E-state index contributed by atoms with van der Waals surface area (Å²) in [5.41, 5.74) is 2.26. The summed E-state index contributed by atoms with van der Waals surface area (Å²) in [7, 11) is 0. The minimum atomic E-state index is -1.09. The number of hydrogen-bond donors (Lipinski definition) is 2. The minimum Gasteiger partial charge on any atom is -0.478 e. The van der Waals surface area contributed by atoms with Crippen molar-refractivity contribution in [3.8, 4) is 0 Å². The molecule has 106 valence electrons. The lowest BCUT2D eigenvalue weighted by Gasteiger charge is -2.09. The van der Waals surface area contributed by atoms with Crippen molar-refractivity contribution in [2.24, 2.45) is 0 Å². The zero-order valence-electron chi connectivity index (χ0n) is 11.3. The lowest BCUT2D eigenvalue weighted by Crippen LogP contribution is -2.14. The standard InChI is InChI=1S/C15H13N3O3/c1-10-4-6-17-9-13(10)18-15(21)12-5-7-16-8-11(12)2-3-14(19)20/h2-9H,1H3,(H,18,21)(H,19,20). The average molecular weight is 283 g/mol. The Labute approximate surface area is 121 Å². The molecule has 0 aliphatic rings. The molecule has 2 rings (SSSR count). The Bertz CT molecular complexity index is 711. The first kappa shape index (κ1) is 14.4. The number of amides is 1. The van der Waals surface area contributed by atoms with E-state index >= 15 is 0 Å². The van der Waals surface area contributed by atoms with Crippen LogP contribution in [0.25, 0.3) is 6.08 Å². The summed E-state index contributed by atoms with van der Waals surface area (Å²) >= 11 is 0. The van der Waals surface area contributed by atoms with Gasteiger partial charge in [-0.25, -0.2) is 4.79 Å². The fourth-order valence-electron chi connectivity index (χ4n) is 1.69. The number of aliphatic carboxylic acids is 1. The second kappa shape index (κ2) is 6.42. The number of hydrogen-bond acceptors (Lipinski definition) is 4. The summed E-state index contributed by atoms with van der Waals surface area (Å²) in [6, 6.07) is 3.32. The van der Waals surface area contributed by atoms with Crippen LogP contribution in [0.1, 0.15) is 21.5 Å². The van der Waals surface area contributed by atoms with Crippen LogP contribution < -0.4 is 5.32 Å². The molecule has 6 heteroatoms. The van der Waals surface area contributed by atoms with E-state index in [1.807, 2.05) is 6.92 Å². The number of anilines is 1. The van der Waals surface area contributed by atoms with E-state index in [1.54, 1.807) is 18.5 Å². The summed E-state index contributed by atoms with van der Waals surface area (Å²) in [5.74, 6) is -1.44. The van der Waals surface area contributed by atoms with Crippen LogP contribution in [0.3, 0.4) is 0 Å². The van der Waals surface area contributed by atoms with Crippen LogP contribution in [0, 0.1) is 6.92 Å². The molecule has 0 bridgehead atoms. The summed E-state index contributed by atoms with van der Waals surface area (Å²) in [6.07, 6.45) is 8.40. The Morgan fingerprint density at radius 2 is 1.90 bits per heavy atom. The number of pyridine rings is 2. The maximum atomic E-state index is 12.3. The molecule has 2 N–H and O–H groups in total. The van der Waals surface area contributed by atoms with Crippen molar-refractivity contribution >= 4 is 23.6 Å². The second-order valence-electron chi connectivity index (χ2n) is 4.28. The van der Waals surface area contributed by atoms with Gasteiger partial charge in [0, 0.05) is 35.8 Å². The molecule has 0 saturated carbocycles. The van der Waals surface area contributed by atoms with Gasteiger partial charge in [0.05, 0.1) is 11.9 Å². The van der Waals surface area contributed by atoms with Gasteiger partial charge in [0.2, 0.25) is 0 Å². The zero-order chi connectivity index (χ0) is 15.2. The molecule has 2 aromatic rings. The van der Waals surface area contributed by atoms with E-state index in [0.717, 1.165) is 11.6 Å². The van der Waals surface area contributed by atoms with Crippen molar-refractivity contribution in [1.82, 2.24) is 9.97 Å². The van der Waals surface area contributed by atoms with Gasteiger partial charge in [-0.15, -0.1) is 0 Å². The normalized spacial score (nSPS) is 10.5. The highest BCUT2D eigenvalue weighted by Gasteiger charge is 2.11. The monoisotopic (exact) mass is 283 g/mol. The van der Waals surface area contributed by atoms with Crippen LogP contribution in [0.2, 0.25) is 0 Å². The molecule has 0 unspecified atom stereocenters. The maximum absolute atomic E-state index is 12.3. The number of rotatable bonds is 4. The van der Waals surface area contributed by atoms with Gasteiger partial charge in [-0.1, -0.05) is 0 Å². The van der Waals surface area contributed by atoms with E-state index in [0.29, 0.717) is 16.8 Å². The van der Waals surface area contributed by atoms with E-state index in [9.17, 15) is 9.59 Å². The largest absolute Gasteiger partial charge is 0.478 e. The Kier molecular flexibility index (Phi) is 4.40. The Balaban J connectivity index is 2.28. The first-order chi connectivity index (χ1) is 10.1. The molecule has 0 aromatic carbocycles. The number of aryl methyl sites for hydroxylation is 1. The molecule has 6 nitrogen and oxygen atoms in total. The maximum Gasteiger partial charge on any atom is 0.328 e. The van der Waals surface area contributed by atoms with Gasteiger partial charge in [0.15, 0.2) is 0 Å². The third-order valence-corrected chi connectivity index (χ3v) is 2.79. The Morgan fingerprint density at radius 1 is 1.19 bits per heavy atom. The molecular formula is C15H13N3O3. The van der Waals surface area contributed by atoms with Crippen molar-refractivity contribution in [2.45, 2.75) is 6.92 Å². The van der Waals surface area contributed by atoms with Gasteiger partial charge in [0.1, 0.15) is 0 Å². The van der Waals surface area contributed by atoms with E-state index in [-0.39, 0.29) is 5.91 Å². The molecule has 0 saturated heterocycles. The quantitative estimate of drug-likeness (QED) is 0.839. The van der Waals surface area contributed by atoms with Crippen LogP contribution >= 0.6 is 0 Å². The number of nitrogens with zero attached hydrogens (tertiary/aromatic N) is 2. The van der Waals surface area contributed by atoms with Crippen LogP contribution in [-0.2, 0) is 4.79 Å². The molecule has 21 heavy (non-hydrogen) atoms. The van der Waals surface area contributed by atoms with Gasteiger partial charge in [-0.3, -0.25) is 14.8 Å². The first-order valence-corrected chi connectivity index (χ1v) is 6.15. The van der Waals surface area contributed by atoms with E-state index < -0.39 is 5.97 Å². The van der Waals surface area contributed by atoms with Crippen molar-refractivity contribution in [1.29, 1.82) is 0 Å². The van der Waals surface area contributed by atoms with Crippen LogP contribution in [-0.4, -0.2) is 27.0 Å². The molecule has 0 fully saturated rings. The SMILES string of the molecule is Cc1ccncc1NC(=O)c1ccncc1C=CC(=O)O. The number of aromatic nitrogens is 2. The van der Waals surface area contributed by atoms with Crippen LogP contribution in [0.5, 0.6) is 0 Å². The average Bonchev–Trinajstić information content (AvgIpc) is 2.47. The van der Waals surface area contributed by atoms with Gasteiger partial charge < -0.3 is 10.4 Å². The summed E-state index contributed by atoms with van der Waals surface area (Å²) < 4.78 is 0. The van der Waals surface area contributed by atoms with Crippen LogP contribution in [0.4, 0.5) is 5.69 Å². The first-order valence-electron chi connectivity index (χ1n) is 6.15. The molecule has 0 aliphatic carbocycles. The topological polar surface area (TPSA) is 92.2 Å². The highest BCUT2D eigenvalue weighted by molar-refractivity contribution is 6.07. The van der Waals surface area contributed by atoms with Crippen molar-refractivity contribution in [2.75, 3.05) is 5.32 Å². The number of carboxylic acid groups (broad SMARTS) is 1. The van der Waals surface area contributed by atoms with Gasteiger partial charge in [-0.2, -0.15) is 0 Å². The second-order valence-corrected chi connectivity index (χ2v) is 4.28. The summed E-state index contributed by atoms with van der Waals surface area (Å²) in [4.78, 5) is 30.7. The number of carbonyl (C=O) groups excluding carboxylic acids is 1. The highest BCUT2D eigenvalue weighted by atomic mass is 16.4. The lowest BCUT2D eigenvalue weighted by molar-refractivity contribution is -0.131. The predicted molar refractivity (Wildman–Crippen MR) is 77.8 cm³/mol. The molecule has 0 radical (unpaired) electrons. The summed E-state index contributed by atoms with van der Waals surface area (Å²) in [6.45, 7) is 1.86. The van der Waals surface area contributed by atoms with E-state index in [1.165, 1.54) is 24.5 Å². The van der Waals surface area contributed by atoms with Gasteiger partial charge in [0.25, 0.3) is 5.91 Å². The van der Waals surface area contributed by atoms with Crippen molar-refractivity contribution in [3.63, 3.8) is 0 Å². The lowest BCUT2D eigenvalue weighted by atomic mass is 10.1. The third kappa shape index (κ3) is 3.73. The predicted octanol–water partition coefficient (Wildman–Crippen LogP) is 2.14. The van der Waals surface area contributed by atoms with Gasteiger partial charge in [-0.05, 0) is 30.7 Å². The van der Waals surface area contributed by atoms with Crippen molar-refractivity contribution < 1.29 is 14.7 Å². The number of carboxylic acids is 1. The highest BCUT2D eigenvalue weighted by Crippen LogP contribution is 2.15. The smallest absolute Gasteiger partial charge is 0.328 e. The number of nitrogens with one attached hydrogen (secondary N) is 1. The molecule has 0 aliphatic heterocycles. The van der Waals surface area contributed by atoms with Crippen molar-refractivity contribution in [3.05, 3.63) is 59.7 Å². The van der Waals surface area contributed by atoms with E-state index in [4.69, 9.17) is 5.11 Å². The Hall–Kier alpha value is -3.02. The molecule has 0 atom stereocenters. The third-order valence-electron chi connectivity index (χ3n) is 2.79. The molecule has 2 heterocycles. The summed E-state index contributed by atoms with van der Waals surface area (Å²) in [5, 5.41) is 11.4. The van der Waals surface area contributed by atoms with E-state index in [2.05, 4.69) is 15.3 Å². The Morgan fingerprint density at radius 3 is 2.62 bits per heavy atom. The molecule has 1 amide bonds.